The van der Waals surface area contributed by atoms with Crippen LogP contribution >= 0.6 is 0 Å². The molecular formula is C13H17NO4. The molecule has 18 heavy (non-hydrogen) atoms. The Bertz CT molecular complexity index is 412. The van der Waals surface area contributed by atoms with Crippen molar-refractivity contribution in [3.8, 4) is 5.75 Å². The van der Waals surface area contributed by atoms with Gasteiger partial charge in [0.25, 0.3) is 0 Å². The highest BCUT2D eigenvalue weighted by Gasteiger charge is 2.11. The van der Waals surface area contributed by atoms with E-state index in [1.54, 1.807) is 7.11 Å². The number of carbonyl (C=O) groups is 1. The van der Waals surface area contributed by atoms with E-state index < -0.39 is 5.97 Å². The number of nitrogens with zero attached hydrogens (tertiary/aromatic N) is 1. The summed E-state index contributed by atoms with van der Waals surface area (Å²) < 4.78 is 9.55. The van der Waals surface area contributed by atoms with Gasteiger partial charge in [0.2, 0.25) is 0 Å². The lowest BCUT2D eigenvalue weighted by atomic mass is 10.1. The SMILES string of the molecule is COC(=O)C(CCCc1ccc(OC)cc1)=NO. The van der Waals surface area contributed by atoms with E-state index in [-0.39, 0.29) is 5.71 Å². The molecule has 0 fully saturated rings. The van der Waals surface area contributed by atoms with Crippen LogP contribution in [0.2, 0.25) is 0 Å². The maximum atomic E-state index is 11.1. The molecule has 0 saturated heterocycles. The molecule has 0 bridgehead atoms. The van der Waals surface area contributed by atoms with Crippen molar-refractivity contribution in [3.63, 3.8) is 0 Å². The van der Waals surface area contributed by atoms with Crippen molar-refractivity contribution in [1.29, 1.82) is 0 Å². The zero-order valence-corrected chi connectivity index (χ0v) is 10.5. The Balaban J connectivity index is 2.43. The summed E-state index contributed by atoms with van der Waals surface area (Å²) in [5.41, 5.74) is 1.18. The molecule has 1 aromatic rings. The van der Waals surface area contributed by atoms with Crippen molar-refractivity contribution < 1.29 is 19.5 Å². The highest BCUT2D eigenvalue weighted by Crippen LogP contribution is 2.13. The lowest BCUT2D eigenvalue weighted by Gasteiger charge is -2.04. The summed E-state index contributed by atoms with van der Waals surface area (Å²) in [6.45, 7) is 0. The first kappa shape index (κ1) is 14.0. The van der Waals surface area contributed by atoms with Crippen molar-refractivity contribution >= 4 is 11.7 Å². The van der Waals surface area contributed by atoms with E-state index >= 15 is 0 Å². The predicted molar refractivity (Wildman–Crippen MR) is 67.2 cm³/mol. The molecule has 0 saturated carbocycles. The molecule has 5 heteroatoms. The van der Waals surface area contributed by atoms with Crippen molar-refractivity contribution in [1.82, 2.24) is 0 Å². The smallest absolute Gasteiger partial charge is 0.355 e. The van der Waals surface area contributed by atoms with Crippen molar-refractivity contribution in [2.24, 2.45) is 5.16 Å². The fraction of sp³-hybridized carbons (Fsp3) is 0.385. The van der Waals surface area contributed by atoms with Gasteiger partial charge in [-0.05, 0) is 30.5 Å². The number of rotatable bonds is 6. The number of hydrogen-bond acceptors (Lipinski definition) is 5. The monoisotopic (exact) mass is 251 g/mol. The van der Waals surface area contributed by atoms with Gasteiger partial charge in [0, 0.05) is 6.42 Å². The molecule has 1 aromatic carbocycles. The fourth-order valence-corrected chi connectivity index (χ4v) is 1.56. The number of aryl methyl sites for hydroxylation is 1. The first-order valence-corrected chi connectivity index (χ1v) is 5.63. The Labute approximate surface area is 106 Å². The predicted octanol–water partition coefficient (Wildman–Crippen LogP) is 2.02. The minimum atomic E-state index is -0.591. The summed E-state index contributed by atoms with van der Waals surface area (Å²) in [7, 11) is 2.88. The number of benzene rings is 1. The average Bonchev–Trinajstić information content (AvgIpc) is 2.43. The molecule has 0 heterocycles. The molecule has 1 rings (SSSR count). The topological polar surface area (TPSA) is 68.1 Å². The van der Waals surface area contributed by atoms with E-state index in [0.717, 1.165) is 17.7 Å². The second-order valence-electron chi connectivity index (χ2n) is 3.74. The largest absolute Gasteiger partial charge is 0.497 e. The molecule has 98 valence electrons. The summed E-state index contributed by atoms with van der Waals surface area (Å²) in [4.78, 5) is 11.1. The molecule has 0 aliphatic heterocycles. The summed E-state index contributed by atoms with van der Waals surface area (Å²) >= 11 is 0. The Morgan fingerprint density at radius 3 is 2.44 bits per heavy atom. The number of hydrogen-bond donors (Lipinski definition) is 1. The second kappa shape index (κ2) is 7.32. The van der Waals surface area contributed by atoms with Gasteiger partial charge in [-0.15, -0.1) is 0 Å². The van der Waals surface area contributed by atoms with E-state index in [4.69, 9.17) is 9.94 Å². The first-order chi connectivity index (χ1) is 8.71. The lowest BCUT2D eigenvalue weighted by Crippen LogP contribution is -2.15. The normalized spacial score (nSPS) is 11.1. The van der Waals surface area contributed by atoms with Crippen LogP contribution in [0.4, 0.5) is 0 Å². The Morgan fingerprint density at radius 1 is 1.28 bits per heavy atom. The van der Waals surface area contributed by atoms with E-state index in [1.807, 2.05) is 24.3 Å². The Hall–Kier alpha value is -2.04. The minimum absolute atomic E-state index is 0.0472. The van der Waals surface area contributed by atoms with Gasteiger partial charge in [-0.1, -0.05) is 17.3 Å². The number of esters is 1. The van der Waals surface area contributed by atoms with Gasteiger partial charge in [0.1, 0.15) is 5.75 Å². The van der Waals surface area contributed by atoms with Gasteiger partial charge >= 0.3 is 5.97 Å². The maximum Gasteiger partial charge on any atom is 0.355 e. The zero-order chi connectivity index (χ0) is 13.4. The van der Waals surface area contributed by atoms with Crippen LogP contribution in [0.5, 0.6) is 5.75 Å². The van der Waals surface area contributed by atoms with Crippen LogP contribution in [0.15, 0.2) is 29.4 Å². The molecule has 0 amide bonds. The second-order valence-corrected chi connectivity index (χ2v) is 3.74. The van der Waals surface area contributed by atoms with Gasteiger partial charge in [-0.25, -0.2) is 4.79 Å². The van der Waals surface area contributed by atoms with Crippen LogP contribution in [-0.2, 0) is 16.0 Å². The van der Waals surface area contributed by atoms with Gasteiger partial charge in [-0.3, -0.25) is 0 Å². The van der Waals surface area contributed by atoms with Crippen LogP contribution in [0.25, 0.3) is 0 Å². The molecule has 0 unspecified atom stereocenters. The number of oxime groups is 1. The number of methoxy groups -OCH3 is 2. The van der Waals surface area contributed by atoms with Crippen molar-refractivity contribution in [3.05, 3.63) is 29.8 Å². The van der Waals surface area contributed by atoms with Crippen molar-refractivity contribution in [2.75, 3.05) is 14.2 Å². The third-order valence-corrected chi connectivity index (χ3v) is 2.58. The van der Waals surface area contributed by atoms with E-state index in [2.05, 4.69) is 9.89 Å². The molecule has 0 aromatic heterocycles. The molecule has 0 aliphatic carbocycles. The molecule has 5 nitrogen and oxygen atoms in total. The summed E-state index contributed by atoms with van der Waals surface area (Å²) in [5.74, 6) is 0.221. The highest BCUT2D eigenvalue weighted by molar-refractivity contribution is 6.36. The molecular weight excluding hydrogens is 234 g/mol. The summed E-state index contributed by atoms with van der Waals surface area (Å²) in [6.07, 6.45) is 1.88. The van der Waals surface area contributed by atoms with Crippen LogP contribution in [0, 0.1) is 0 Å². The van der Waals surface area contributed by atoms with Gasteiger partial charge < -0.3 is 14.7 Å². The van der Waals surface area contributed by atoms with E-state index in [1.165, 1.54) is 7.11 Å². The zero-order valence-electron chi connectivity index (χ0n) is 10.5. The van der Waals surface area contributed by atoms with E-state index in [0.29, 0.717) is 12.8 Å². The maximum absolute atomic E-state index is 11.1. The third kappa shape index (κ3) is 4.08. The van der Waals surface area contributed by atoms with Gasteiger partial charge in [0.05, 0.1) is 14.2 Å². The van der Waals surface area contributed by atoms with Gasteiger partial charge in [0.15, 0.2) is 5.71 Å². The molecule has 0 spiro atoms. The molecule has 0 atom stereocenters. The van der Waals surface area contributed by atoms with Crippen LogP contribution < -0.4 is 4.74 Å². The standard InChI is InChI=1S/C13H17NO4/c1-17-11-8-6-10(7-9-11)4-3-5-12(14-16)13(15)18-2/h6-9,16H,3-5H2,1-2H3. The Morgan fingerprint density at radius 2 is 1.94 bits per heavy atom. The average molecular weight is 251 g/mol. The molecule has 0 radical (unpaired) electrons. The van der Waals surface area contributed by atoms with E-state index in [9.17, 15) is 4.79 Å². The number of ether oxygens (including phenoxy) is 2. The lowest BCUT2D eigenvalue weighted by molar-refractivity contribution is -0.133. The first-order valence-electron chi connectivity index (χ1n) is 5.63. The Kier molecular flexibility index (Phi) is 5.70. The fourth-order valence-electron chi connectivity index (χ4n) is 1.56. The minimum Gasteiger partial charge on any atom is -0.497 e. The van der Waals surface area contributed by atoms with Gasteiger partial charge in [-0.2, -0.15) is 0 Å². The van der Waals surface area contributed by atoms with Crippen LogP contribution in [0.3, 0.4) is 0 Å². The summed E-state index contributed by atoms with van der Waals surface area (Å²) in [6, 6.07) is 7.70. The molecule has 1 N–H and O–H groups in total. The summed E-state index contributed by atoms with van der Waals surface area (Å²) in [5, 5.41) is 11.6. The number of carbonyl (C=O) groups excluding carboxylic acids is 1. The van der Waals surface area contributed by atoms with Crippen molar-refractivity contribution in [2.45, 2.75) is 19.3 Å². The highest BCUT2D eigenvalue weighted by atomic mass is 16.5. The third-order valence-electron chi connectivity index (χ3n) is 2.58. The van der Waals surface area contributed by atoms with Crippen LogP contribution in [0.1, 0.15) is 18.4 Å². The quantitative estimate of drug-likeness (QED) is 0.363. The van der Waals surface area contributed by atoms with Crippen LogP contribution in [-0.4, -0.2) is 31.1 Å². The molecule has 0 aliphatic rings.